The molecule has 0 radical (unpaired) electrons. The van der Waals surface area contributed by atoms with Crippen molar-refractivity contribution in [2.45, 2.75) is 32.9 Å². The number of aromatic hydroxyl groups is 1. The fraction of sp³-hybridized carbons (Fsp3) is 0.273. The van der Waals surface area contributed by atoms with E-state index in [2.05, 4.69) is 46.6 Å². The summed E-state index contributed by atoms with van der Waals surface area (Å²) in [4.78, 5) is 8.08. The maximum Gasteiger partial charge on any atom is 0.173 e. The Bertz CT molecular complexity index is 1130. The lowest BCUT2D eigenvalue weighted by Gasteiger charge is -2.01. The number of rotatable bonds is 4. The minimum absolute atomic E-state index is 0.152. The number of nitrogens with one attached hydrogen (secondary N) is 2. The number of aromatic amines is 1. The van der Waals surface area contributed by atoms with E-state index in [0.29, 0.717) is 17.2 Å². The van der Waals surface area contributed by atoms with Gasteiger partial charge >= 0.3 is 0 Å². The third kappa shape index (κ3) is 2.68. The van der Waals surface area contributed by atoms with Crippen LogP contribution in [0.15, 0.2) is 36.4 Å². The van der Waals surface area contributed by atoms with Crippen molar-refractivity contribution < 1.29 is 5.11 Å². The molecule has 4 aromatic rings. The lowest BCUT2D eigenvalue weighted by molar-refractivity contribution is 0.478. The summed E-state index contributed by atoms with van der Waals surface area (Å²) < 4.78 is 1.69. The molecule has 6 nitrogen and oxygen atoms in total. The number of fused-ring (bicyclic) bond motifs is 2. The minimum atomic E-state index is 0.152. The van der Waals surface area contributed by atoms with Gasteiger partial charge in [0, 0.05) is 25.7 Å². The number of hydrogen-bond acceptors (Lipinski definition) is 4. The Morgan fingerprint density at radius 1 is 1.11 bits per heavy atom. The zero-order valence-corrected chi connectivity index (χ0v) is 16.1. The van der Waals surface area contributed by atoms with Crippen LogP contribution >= 0.6 is 0 Å². The maximum absolute atomic E-state index is 10.9. The van der Waals surface area contributed by atoms with Crippen LogP contribution in [-0.4, -0.2) is 24.9 Å². The summed E-state index contributed by atoms with van der Waals surface area (Å²) in [6.07, 6.45) is 2.17. The Balaban J connectivity index is 1.57. The van der Waals surface area contributed by atoms with E-state index in [0.717, 1.165) is 42.5 Å². The highest BCUT2D eigenvalue weighted by atomic mass is 16.3. The average Bonchev–Trinajstić information content (AvgIpc) is 3.37. The summed E-state index contributed by atoms with van der Waals surface area (Å²) >= 11 is 0. The number of imidazole rings is 1. The summed E-state index contributed by atoms with van der Waals surface area (Å²) in [7, 11) is 1.83. The number of aromatic nitrogens is 4. The molecular weight excluding hydrogens is 350 g/mol. The van der Waals surface area contributed by atoms with E-state index in [1.54, 1.807) is 4.68 Å². The number of aryl methyl sites for hydroxylation is 2. The van der Waals surface area contributed by atoms with Gasteiger partial charge in [-0.05, 0) is 35.2 Å². The van der Waals surface area contributed by atoms with Crippen molar-refractivity contribution in [2.24, 2.45) is 7.05 Å². The molecule has 1 aliphatic rings. The highest BCUT2D eigenvalue weighted by molar-refractivity contribution is 5.83. The Morgan fingerprint density at radius 2 is 1.86 bits per heavy atom. The fourth-order valence-electron chi connectivity index (χ4n) is 4.01. The van der Waals surface area contributed by atoms with Gasteiger partial charge in [-0.1, -0.05) is 37.6 Å². The minimum Gasteiger partial charge on any atom is -0.504 e. The zero-order valence-electron chi connectivity index (χ0n) is 16.1. The third-order valence-electron chi connectivity index (χ3n) is 5.45. The third-order valence-corrected chi connectivity index (χ3v) is 5.45. The maximum atomic E-state index is 10.9. The fourth-order valence-corrected chi connectivity index (χ4v) is 4.01. The highest BCUT2D eigenvalue weighted by Crippen LogP contribution is 2.37. The van der Waals surface area contributed by atoms with E-state index in [9.17, 15) is 5.11 Å². The van der Waals surface area contributed by atoms with Gasteiger partial charge in [-0.3, -0.25) is 4.68 Å². The monoisotopic (exact) mass is 373 g/mol. The lowest BCUT2D eigenvalue weighted by atomic mass is 10.1. The molecule has 2 aromatic carbocycles. The molecule has 3 heterocycles. The molecule has 0 atom stereocenters. The van der Waals surface area contributed by atoms with Gasteiger partial charge in [0.2, 0.25) is 0 Å². The van der Waals surface area contributed by atoms with Gasteiger partial charge < -0.3 is 15.4 Å². The molecule has 0 saturated heterocycles. The highest BCUT2D eigenvalue weighted by Gasteiger charge is 2.22. The van der Waals surface area contributed by atoms with Crippen LogP contribution in [0.25, 0.3) is 33.8 Å². The first-order valence-electron chi connectivity index (χ1n) is 9.72. The van der Waals surface area contributed by atoms with Crippen molar-refractivity contribution in [2.75, 3.05) is 0 Å². The summed E-state index contributed by atoms with van der Waals surface area (Å²) in [5, 5.41) is 18.8. The molecule has 0 saturated carbocycles. The summed E-state index contributed by atoms with van der Waals surface area (Å²) in [5.74, 6) is 0.784. The van der Waals surface area contributed by atoms with Crippen LogP contribution < -0.4 is 5.32 Å². The lowest BCUT2D eigenvalue weighted by Crippen LogP contribution is -1.99. The molecule has 1 aliphatic heterocycles. The molecule has 0 unspecified atom stereocenters. The van der Waals surface area contributed by atoms with Gasteiger partial charge in [0.05, 0.1) is 11.0 Å². The summed E-state index contributed by atoms with van der Waals surface area (Å²) in [6.45, 7) is 3.93. The Labute approximate surface area is 163 Å². The van der Waals surface area contributed by atoms with Crippen molar-refractivity contribution in [1.82, 2.24) is 25.1 Å². The van der Waals surface area contributed by atoms with Gasteiger partial charge in [0.25, 0.3) is 0 Å². The second-order valence-electron chi connectivity index (χ2n) is 7.44. The summed E-state index contributed by atoms with van der Waals surface area (Å²) in [5.41, 5.74) is 7.83. The Hall–Kier alpha value is -3.12. The van der Waals surface area contributed by atoms with E-state index >= 15 is 0 Å². The van der Waals surface area contributed by atoms with Crippen molar-refractivity contribution in [3.05, 3.63) is 53.1 Å². The van der Waals surface area contributed by atoms with Crippen LogP contribution in [0.5, 0.6) is 5.75 Å². The van der Waals surface area contributed by atoms with Crippen LogP contribution in [0.3, 0.4) is 0 Å². The van der Waals surface area contributed by atoms with E-state index in [4.69, 9.17) is 4.98 Å². The van der Waals surface area contributed by atoms with E-state index in [1.807, 2.05) is 19.2 Å². The summed E-state index contributed by atoms with van der Waals surface area (Å²) in [6, 6.07) is 12.5. The van der Waals surface area contributed by atoms with Crippen LogP contribution in [0.1, 0.15) is 30.0 Å². The quantitative estimate of drug-likeness (QED) is 0.507. The molecular formula is C22H23N5O. The van der Waals surface area contributed by atoms with E-state index in [-0.39, 0.29) is 5.75 Å². The molecule has 5 rings (SSSR count). The first-order valence-corrected chi connectivity index (χ1v) is 9.72. The van der Waals surface area contributed by atoms with Crippen molar-refractivity contribution >= 4 is 11.0 Å². The molecule has 0 spiro atoms. The van der Waals surface area contributed by atoms with Crippen LogP contribution in [0.2, 0.25) is 0 Å². The van der Waals surface area contributed by atoms with Gasteiger partial charge in [-0.2, -0.15) is 5.10 Å². The zero-order chi connectivity index (χ0) is 19.3. The van der Waals surface area contributed by atoms with Gasteiger partial charge in [-0.25, -0.2) is 4.98 Å². The first-order chi connectivity index (χ1) is 13.6. The van der Waals surface area contributed by atoms with Gasteiger partial charge in [0.15, 0.2) is 11.6 Å². The van der Waals surface area contributed by atoms with Gasteiger partial charge in [-0.15, -0.1) is 0 Å². The second kappa shape index (κ2) is 6.49. The molecule has 28 heavy (non-hydrogen) atoms. The predicted octanol–water partition coefficient (Wildman–Crippen LogP) is 3.89. The molecule has 0 amide bonds. The second-order valence-corrected chi connectivity index (χ2v) is 7.44. The molecule has 142 valence electrons. The average molecular weight is 373 g/mol. The van der Waals surface area contributed by atoms with Crippen LogP contribution in [0, 0.1) is 0 Å². The van der Waals surface area contributed by atoms with E-state index in [1.165, 1.54) is 16.7 Å². The molecule has 0 bridgehead atoms. The van der Waals surface area contributed by atoms with Crippen LogP contribution in [0.4, 0.5) is 0 Å². The van der Waals surface area contributed by atoms with Crippen molar-refractivity contribution in [3.63, 3.8) is 0 Å². The Kier molecular flexibility index (Phi) is 3.94. The molecule has 0 aliphatic carbocycles. The SMILES string of the molecule is CCCc1ccc(-c2nn(C)c(-c3nc4cc5c(cc4[nH]3)CNC5)c2O)cc1. The number of benzene rings is 2. The Morgan fingerprint density at radius 3 is 2.61 bits per heavy atom. The number of H-pyrrole nitrogens is 1. The molecule has 6 heteroatoms. The van der Waals surface area contributed by atoms with E-state index < -0.39 is 0 Å². The largest absolute Gasteiger partial charge is 0.504 e. The topological polar surface area (TPSA) is 78.8 Å². The van der Waals surface area contributed by atoms with Crippen LogP contribution in [-0.2, 0) is 26.6 Å². The molecule has 3 N–H and O–H groups in total. The van der Waals surface area contributed by atoms with Crippen molar-refractivity contribution in [3.8, 4) is 28.5 Å². The standard InChI is InChI=1S/C22H23N5O/c1-3-4-13-5-7-14(8-6-13)19-21(28)20(27(2)26-19)22-24-17-9-15-11-23-12-16(15)10-18(17)25-22/h5-10,23,28H,3-4,11-12H2,1-2H3,(H,24,25). The van der Waals surface area contributed by atoms with Crippen molar-refractivity contribution in [1.29, 1.82) is 0 Å². The number of nitrogens with zero attached hydrogens (tertiary/aromatic N) is 3. The number of hydrogen-bond donors (Lipinski definition) is 3. The normalized spacial score (nSPS) is 13.4. The first kappa shape index (κ1) is 17.0. The predicted molar refractivity (Wildman–Crippen MR) is 110 cm³/mol. The molecule has 2 aromatic heterocycles. The molecule has 0 fully saturated rings. The van der Waals surface area contributed by atoms with Gasteiger partial charge in [0.1, 0.15) is 11.4 Å². The smallest absolute Gasteiger partial charge is 0.173 e.